The second kappa shape index (κ2) is 5.29. The van der Waals surface area contributed by atoms with Gasteiger partial charge in [-0.3, -0.25) is 14.9 Å². The Balaban J connectivity index is 2.10. The fourth-order valence-corrected chi connectivity index (χ4v) is 2.61. The van der Waals surface area contributed by atoms with Crippen molar-refractivity contribution >= 4 is 11.5 Å². The van der Waals surface area contributed by atoms with Gasteiger partial charge < -0.3 is 0 Å². The van der Waals surface area contributed by atoms with Crippen LogP contribution < -0.4 is 0 Å². The highest BCUT2D eigenvalue weighted by atomic mass is 16.6. The van der Waals surface area contributed by atoms with E-state index in [2.05, 4.69) is 6.92 Å². The van der Waals surface area contributed by atoms with E-state index >= 15 is 0 Å². The molecule has 2 unspecified atom stereocenters. The molecule has 1 aliphatic rings. The Morgan fingerprint density at radius 3 is 2.94 bits per heavy atom. The Bertz CT molecular complexity index is 470. The van der Waals surface area contributed by atoms with E-state index in [-0.39, 0.29) is 11.6 Å². The van der Waals surface area contributed by atoms with Crippen LogP contribution in [-0.4, -0.2) is 10.7 Å². The van der Waals surface area contributed by atoms with Crippen molar-refractivity contribution in [3.8, 4) is 0 Å². The molecule has 18 heavy (non-hydrogen) atoms. The summed E-state index contributed by atoms with van der Waals surface area (Å²) in [4.78, 5) is 22.1. The van der Waals surface area contributed by atoms with E-state index in [1.54, 1.807) is 12.1 Å². The summed E-state index contributed by atoms with van der Waals surface area (Å²) in [5.41, 5.74) is 0.987. The van der Waals surface area contributed by atoms with Crippen LogP contribution in [0.25, 0.3) is 0 Å². The molecule has 0 N–H and O–H groups in total. The van der Waals surface area contributed by atoms with Gasteiger partial charge in [0.2, 0.25) is 0 Å². The molecule has 2 rings (SSSR count). The van der Waals surface area contributed by atoms with Crippen molar-refractivity contribution in [3.63, 3.8) is 0 Å². The van der Waals surface area contributed by atoms with Gasteiger partial charge in [0.15, 0.2) is 0 Å². The lowest BCUT2D eigenvalue weighted by molar-refractivity contribution is -0.384. The number of nitrogens with zero attached hydrogens (tertiary/aromatic N) is 1. The molecular weight excluding hydrogens is 230 g/mol. The van der Waals surface area contributed by atoms with E-state index in [0.717, 1.165) is 18.4 Å². The van der Waals surface area contributed by atoms with Crippen molar-refractivity contribution in [2.24, 2.45) is 11.8 Å². The first kappa shape index (κ1) is 12.7. The quantitative estimate of drug-likeness (QED) is 0.609. The summed E-state index contributed by atoms with van der Waals surface area (Å²) in [5, 5.41) is 10.7. The molecule has 2 atom stereocenters. The molecule has 96 valence electrons. The standard InChI is InChI=1S/C14H17NO3/c1-10-5-6-14(16)12(7-10)8-11-3-2-4-13(9-11)15(17)18/h2-4,9-10,12H,5-8H2,1H3. The summed E-state index contributed by atoms with van der Waals surface area (Å²) in [6.45, 7) is 2.16. The van der Waals surface area contributed by atoms with Gasteiger partial charge in [0.05, 0.1) is 4.92 Å². The number of hydrogen-bond donors (Lipinski definition) is 0. The van der Waals surface area contributed by atoms with Crippen LogP contribution in [0.15, 0.2) is 24.3 Å². The van der Waals surface area contributed by atoms with E-state index in [0.29, 0.717) is 24.5 Å². The largest absolute Gasteiger partial charge is 0.299 e. The maximum Gasteiger partial charge on any atom is 0.269 e. The molecule has 0 aliphatic heterocycles. The maximum atomic E-state index is 11.8. The third kappa shape index (κ3) is 2.94. The van der Waals surface area contributed by atoms with Crippen molar-refractivity contribution in [2.45, 2.75) is 32.6 Å². The van der Waals surface area contributed by atoms with Gasteiger partial charge in [0.25, 0.3) is 5.69 Å². The number of nitro groups is 1. The molecule has 1 saturated carbocycles. The average molecular weight is 247 g/mol. The second-order valence-electron chi connectivity index (χ2n) is 5.17. The zero-order chi connectivity index (χ0) is 13.1. The van der Waals surface area contributed by atoms with E-state index in [1.807, 2.05) is 6.07 Å². The Morgan fingerprint density at radius 1 is 1.44 bits per heavy atom. The minimum atomic E-state index is -0.394. The van der Waals surface area contributed by atoms with Crippen molar-refractivity contribution in [1.29, 1.82) is 0 Å². The van der Waals surface area contributed by atoms with Gasteiger partial charge >= 0.3 is 0 Å². The third-order valence-electron chi connectivity index (χ3n) is 3.63. The molecule has 0 spiro atoms. The fourth-order valence-electron chi connectivity index (χ4n) is 2.61. The first-order chi connectivity index (χ1) is 8.56. The summed E-state index contributed by atoms with van der Waals surface area (Å²) in [6, 6.07) is 6.60. The van der Waals surface area contributed by atoms with Crippen LogP contribution in [0.3, 0.4) is 0 Å². The summed E-state index contributed by atoms with van der Waals surface area (Å²) < 4.78 is 0. The van der Waals surface area contributed by atoms with Crippen LogP contribution in [0.1, 0.15) is 31.7 Å². The van der Waals surface area contributed by atoms with Gasteiger partial charge in [0, 0.05) is 24.5 Å². The topological polar surface area (TPSA) is 60.2 Å². The van der Waals surface area contributed by atoms with E-state index in [1.165, 1.54) is 6.07 Å². The van der Waals surface area contributed by atoms with Crippen LogP contribution in [-0.2, 0) is 11.2 Å². The Hall–Kier alpha value is -1.71. The molecular formula is C14H17NO3. The fraction of sp³-hybridized carbons (Fsp3) is 0.500. The van der Waals surface area contributed by atoms with Gasteiger partial charge in [0.1, 0.15) is 5.78 Å². The number of carbonyl (C=O) groups excluding carboxylic acids is 1. The molecule has 1 aromatic carbocycles. The highest BCUT2D eigenvalue weighted by Crippen LogP contribution is 2.29. The zero-order valence-corrected chi connectivity index (χ0v) is 10.5. The molecule has 0 aromatic heterocycles. The molecule has 0 amide bonds. The molecule has 1 aliphatic carbocycles. The number of carbonyl (C=O) groups is 1. The predicted molar refractivity (Wildman–Crippen MR) is 68.3 cm³/mol. The molecule has 0 saturated heterocycles. The second-order valence-corrected chi connectivity index (χ2v) is 5.17. The van der Waals surface area contributed by atoms with Crippen molar-refractivity contribution in [2.75, 3.05) is 0 Å². The van der Waals surface area contributed by atoms with Crippen LogP contribution in [0.4, 0.5) is 5.69 Å². The Morgan fingerprint density at radius 2 is 2.22 bits per heavy atom. The van der Waals surface area contributed by atoms with Crippen LogP contribution >= 0.6 is 0 Å². The third-order valence-corrected chi connectivity index (χ3v) is 3.63. The molecule has 1 aromatic rings. The lowest BCUT2D eigenvalue weighted by Gasteiger charge is -2.25. The van der Waals surface area contributed by atoms with Crippen molar-refractivity contribution in [1.82, 2.24) is 0 Å². The monoisotopic (exact) mass is 247 g/mol. The Kier molecular flexibility index (Phi) is 3.75. The number of Topliss-reactive ketones (excluding diaryl/α,β-unsaturated/α-hetero) is 1. The summed E-state index contributed by atoms with van der Waals surface area (Å²) in [6.07, 6.45) is 3.16. The molecule has 0 radical (unpaired) electrons. The number of nitro benzene ring substituents is 1. The first-order valence-electron chi connectivity index (χ1n) is 6.32. The SMILES string of the molecule is CC1CCC(=O)C(Cc2cccc([N+](=O)[O-])c2)C1. The number of rotatable bonds is 3. The minimum Gasteiger partial charge on any atom is -0.299 e. The van der Waals surface area contributed by atoms with Crippen LogP contribution in [0.5, 0.6) is 0 Å². The maximum absolute atomic E-state index is 11.8. The Labute approximate surface area is 106 Å². The van der Waals surface area contributed by atoms with Gasteiger partial charge in [-0.2, -0.15) is 0 Å². The van der Waals surface area contributed by atoms with Crippen molar-refractivity contribution in [3.05, 3.63) is 39.9 Å². The first-order valence-corrected chi connectivity index (χ1v) is 6.32. The zero-order valence-electron chi connectivity index (χ0n) is 10.5. The smallest absolute Gasteiger partial charge is 0.269 e. The molecule has 4 nitrogen and oxygen atoms in total. The average Bonchev–Trinajstić information content (AvgIpc) is 2.34. The van der Waals surface area contributed by atoms with E-state index < -0.39 is 4.92 Å². The van der Waals surface area contributed by atoms with Crippen molar-refractivity contribution < 1.29 is 9.72 Å². The van der Waals surface area contributed by atoms with Crippen LogP contribution in [0.2, 0.25) is 0 Å². The van der Waals surface area contributed by atoms with E-state index in [4.69, 9.17) is 0 Å². The molecule has 0 heterocycles. The van der Waals surface area contributed by atoms with Crippen LogP contribution in [0, 0.1) is 22.0 Å². The van der Waals surface area contributed by atoms with Gasteiger partial charge in [-0.1, -0.05) is 19.1 Å². The minimum absolute atomic E-state index is 0.0377. The number of benzene rings is 1. The lowest BCUT2D eigenvalue weighted by atomic mass is 9.78. The highest BCUT2D eigenvalue weighted by molar-refractivity contribution is 5.82. The number of non-ortho nitro benzene ring substituents is 1. The predicted octanol–water partition coefficient (Wildman–Crippen LogP) is 3.14. The lowest BCUT2D eigenvalue weighted by Crippen LogP contribution is -2.25. The molecule has 1 fully saturated rings. The molecule has 4 heteroatoms. The summed E-state index contributed by atoms with van der Waals surface area (Å²) in [5.74, 6) is 0.918. The van der Waals surface area contributed by atoms with Gasteiger partial charge in [-0.25, -0.2) is 0 Å². The van der Waals surface area contributed by atoms with E-state index in [9.17, 15) is 14.9 Å². The van der Waals surface area contributed by atoms with Gasteiger partial charge in [-0.15, -0.1) is 0 Å². The summed E-state index contributed by atoms with van der Waals surface area (Å²) in [7, 11) is 0. The number of ketones is 1. The summed E-state index contributed by atoms with van der Waals surface area (Å²) >= 11 is 0. The normalized spacial score (nSPS) is 23.9. The number of hydrogen-bond acceptors (Lipinski definition) is 3. The van der Waals surface area contributed by atoms with Gasteiger partial charge in [-0.05, 0) is 30.7 Å². The highest BCUT2D eigenvalue weighted by Gasteiger charge is 2.26. The molecule has 0 bridgehead atoms.